The van der Waals surface area contributed by atoms with Crippen molar-refractivity contribution >= 4 is 5.71 Å². The smallest absolute Gasteiger partial charge is 0.411 e. The van der Waals surface area contributed by atoms with Gasteiger partial charge in [-0.1, -0.05) is 5.16 Å². The molecule has 0 aromatic heterocycles. The lowest BCUT2D eigenvalue weighted by Gasteiger charge is -2.13. The molecule has 2 nitrogen and oxygen atoms in total. The van der Waals surface area contributed by atoms with E-state index in [1.54, 1.807) is 0 Å². The molecule has 0 spiro atoms. The van der Waals surface area contributed by atoms with E-state index in [-0.39, 0.29) is 11.8 Å². The Hall–Kier alpha value is -1.73. The Kier molecular flexibility index (Phi) is 3.59. The minimum Gasteiger partial charge on any atom is -0.411 e. The Balaban J connectivity index is 3.49. The molecular weight excluding hydrogens is 264 g/mol. The van der Waals surface area contributed by atoms with Gasteiger partial charge in [-0.15, -0.1) is 0 Å². The van der Waals surface area contributed by atoms with Gasteiger partial charge in [0.25, 0.3) is 0 Å². The predicted octanol–water partition coefficient (Wildman–Crippen LogP) is 3.92. The van der Waals surface area contributed by atoms with Gasteiger partial charge in [0.05, 0.1) is 16.8 Å². The molecule has 0 saturated heterocycles. The fourth-order valence-electron chi connectivity index (χ4n) is 1.22. The summed E-state index contributed by atoms with van der Waals surface area (Å²) in [5, 5.41) is 11.0. The molecule has 100 valence electrons. The minimum atomic E-state index is -4.91. The quantitative estimate of drug-likeness (QED) is 0.357. The maximum atomic E-state index is 12.4. The molecule has 0 fully saturated rings. The Morgan fingerprint density at radius 2 is 1.33 bits per heavy atom. The van der Waals surface area contributed by atoms with E-state index in [0.29, 0.717) is 12.1 Å². The van der Waals surface area contributed by atoms with Gasteiger partial charge in [0.15, 0.2) is 0 Å². The summed E-state index contributed by atoms with van der Waals surface area (Å²) in [6.07, 6.45) is -9.82. The molecule has 0 atom stereocenters. The van der Waals surface area contributed by atoms with Crippen LogP contribution < -0.4 is 0 Å². The van der Waals surface area contributed by atoms with Crippen LogP contribution in [0.25, 0.3) is 0 Å². The lowest BCUT2D eigenvalue weighted by molar-refractivity contribution is -0.143. The van der Waals surface area contributed by atoms with Crippen LogP contribution in [0.4, 0.5) is 26.3 Å². The van der Waals surface area contributed by atoms with Crippen molar-refractivity contribution in [1.82, 2.24) is 0 Å². The van der Waals surface area contributed by atoms with Gasteiger partial charge in [-0.2, -0.15) is 26.3 Å². The summed E-state index contributed by atoms with van der Waals surface area (Å²) in [5.41, 5.74) is -3.68. The van der Waals surface area contributed by atoms with Gasteiger partial charge in [0.2, 0.25) is 0 Å². The van der Waals surface area contributed by atoms with Crippen LogP contribution in [0.15, 0.2) is 23.4 Å². The number of hydrogen-bond acceptors (Lipinski definition) is 2. The SMILES string of the molecule is C/C(=N/O)c1cc(C(F)(F)F)cc(C(F)(F)F)c1. The highest BCUT2D eigenvalue weighted by atomic mass is 19.4. The van der Waals surface area contributed by atoms with E-state index in [0.717, 1.165) is 6.92 Å². The molecule has 0 aliphatic rings. The molecule has 0 saturated carbocycles. The van der Waals surface area contributed by atoms with Gasteiger partial charge in [-0.05, 0) is 25.1 Å². The first-order valence-electron chi connectivity index (χ1n) is 4.54. The average Bonchev–Trinajstić information content (AvgIpc) is 2.25. The summed E-state index contributed by atoms with van der Waals surface area (Å²) in [4.78, 5) is 0. The maximum Gasteiger partial charge on any atom is 0.416 e. The van der Waals surface area contributed by atoms with E-state index >= 15 is 0 Å². The number of alkyl halides is 6. The summed E-state index contributed by atoms with van der Waals surface area (Å²) in [7, 11) is 0. The second-order valence-electron chi connectivity index (χ2n) is 3.48. The van der Waals surface area contributed by atoms with Gasteiger partial charge in [0.1, 0.15) is 0 Å². The third-order valence-corrected chi connectivity index (χ3v) is 2.16. The minimum absolute atomic E-state index is 0.00809. The predicted molar refractivity (Wildman–Crippen MR) is 50.4 cm³/mol. The summed E-state index contributed by atoms with van der Waals surface area (Å²) in [6, 6.07) is 0.989. The normalized spacial score (nSPS) is 13.8. The maximum absolute atomic E-state index is 12.4. The van der Waals surface area contributed by atoms with Crippen molar-refractivity contribution in [3.63, 3.8) is 0 Å². The fourth-order valence-corrected chi connectivity index (χ4v) is 1.22. The second kappa shape index (κ2) is 4.51. The monoisotopic (exact) mass is 271 g/mol. The van der Waals surface area contributed by atoms with E-state index in [9.17, 15) is 26.3 Å². The van der Waals surface area contributed by atoms with Crippen molar-refractivity contribution in [1.29, 1.82) is 0 Å². The molecule has 0 aliphatic heterocycles. The zero-order valence-corrected chi connectivity index (χ0v) is 8.89. The summed E-state index contributed by atoms with van der Waals surface area (Å²) in [6.45, 7) is 1.09. The average molecular weight is 271 g/mol. The summed E-state index contributed by atoms with van der Waals surface area (Å²) < 4.78 is 74.6. The van der Waals surface area contributed by atoms with Crippen LogP contribution in [0.3, 0.4) is 0 Å². The summed E-state index contributed by atoms with van der Waals surface area (Å²) >= 11 is 0. The van der Waals surface area contributed by atoms with Gasteiger partial charge >= 0.3 is 12.4 Å². The van der Waals surface area contributed by atoms with Gasteiger partial charge in [-0.25, -0.2) is 0 Å². The van der Waals surface area contributed by atoms with Gasteiger partial charge in [-0.3, -0.25) is 0 Å². The zero-order valence-electron chi connectivity index (χ0n) is 8.89. The standard InChI is InChI=1S/C10H7F6NO/c1-5(17-18)6-2-7(9(11,12)13)4-8(3-6)10(14,15)16/h2-4,18H,1H3/b17-5-. The molecule has 0 bridgehead atoms. The molecule has 0 aliphatic carbocycles. The summed E-state index contributed by atoms with van der Waals surface area (Å²) in [5.74, 6) is 0. The van der Waals surface area contributed by atoms with Crippen LogP contribution >= 0.6 is 0 Å². The zero-order chi connectivity index (χ0) is 14.1. The van der Waals surface area contributed by atoms with E-state index in [4.69, 9.17) is 5.21 Å². The highest BCUT2D eigenvalue weighted by Gasteiger charge is 2.37. The highest BCUT2D eigenvalue weighted by Crippen LogP contribution is 2.36. The number of halogens is 6. The van der Waals surface area contributed by atoms with Crippen molar-refractivity contribution in [3.8, 4) is 0 Å². The van der Waals surface area contributed by atoms with Crippen LogP contribution in [0.1, 0.15) is 23.6 Å². The molecule has 8 heteroatoms. The topological polar surface area (TPSA) is 32.6 Å². The third-order valence-electron chi connectivity index (χ3n) is 2.16. The molecule has 1 rings (SSSR count). The molecule has 1 aromatic carbocycles. The molecule has 0 amide bonds. The van der Waals surface area contributed by atoms with Crippen LogP contribution in [-0.2, 0) is 12.4 Å². The highest BCUT2D eigenvalue weighted by molar-refractivity contribution is 5.98. The van der Waals surface area contributed by atoms with Crippen molar-refractivity contribution in [3.05, 3.63) is 34.9 Å². The number of oxime groups is 1. The molecule has 0 heterocycles. The van der Waals surface area contributed by atoms with Crippen LogP contribution in [0.2, 0.25) is 0 Å². The van der Waals surface area contributed by atoms with E-state index < -0.39 is 29.0 Å². The number of hydrogen-bond donors (Lipinski definition) is 1. The lowest BCUT2D eigenvalue weighted by Crippen LogP contribution is -2.13. The molecule has 18 heavy (non-hydrogen) atoms. The largest absolute Gasteiger partial charge is 0.416 e. The first kappa shape index (κ1) is 14.3. The first-order chi connectivity index (χ1) is 8.05. The Bertz CT molecular complexity index is 442. The Morgan fingerprint density at radius 3 is 1.61 bits per heavy atom. The Morgan fingerprint density at radius 1 is 0.944 bits per heavy atom. The fraction of sp³-hybridized carbons (Fsp3) is 0.300. The lowest BCUT2D eigenvalue weighted by atomic mass is 10.0. The van der Waals surface area contributed by atoms with Crippen molar-refractivity contribution in [2.75, 3.05) is 0 Å². The first-order valence-corrected chi connectivity index (χ1v) is 4.54. The van der Waals surface area contributed by atoms with Gasteiger partial charge in [0, 0.05) is 5.56 Å². The van der Waals surface area contributed by atoms with E-state index in [2.05, 4.69) is 5.16 Å². The van der Waals surface area contributed by atoms with E-state index in [1.165, 1.54) is 0 Å². The molecule has 1 aromatic rings. The number of benzene rings is 1. The van der Waals surface area contributed by atoms with Crippen molar-refractivity contribution in [2.24, 2.45) is 5.16 Å². The molecule has 0 radical (unpaired) electrons. The van der Waals surface area contributed by atoms with Crippen molar-refractivity contribution < 1.29 is 31.5 Å². The number of rotatable bonds is 1. The van der Waals surface area contributed by atoms with Crippen LogP contribution in [0, 0.1) is 0 Å². The molecular formula is C10H7F6NO. The number of nitrogens with zero attached hydrogens (tertiary/aromatic N) is 1. The van der Waals surface area contributed by atoms with Crippen LogP contribution in [0.5, 0.6) is 0 Å². The second-order valence-corrected chi connectivity index (χ2v) is 3.48. The van der Waals surface area contributed by atoms with E-state index in [1.807, 2.05) is 0 Å². The third kappa shape index (κ3) is 3.14. The molecule has 0 unspecified atom stereocenters. The van der Waals surface area contributed by atoms with Gasteiger partial charge < -0.3 is 5.21 Å². The van der Waals surface area contributed by atoms with Crippen LogP contribution in [-0.4, -0.2) is 10.9 Å². The Labute approximate surface area is 97.5 Å². The molecule has 1 N–H and O–H groups in total. The van der Waals surface area contributed by atoms with Crippen molar-refractivity contribution in [2.45, 2.75) is 19.3 Å².